The molecule has 1 aromatic carbocycles. The summed E-state index contributed by atoms with van der Waals surface area (Å²) < 4.78 is 5.19. The molecule has 0 atom stereocenters. The second kappa shape index (κ2) is 9.67. The topological polar surface area (TPSA) is 109 Å². The van der Waals surface area contributed by atoms with Crippen LogP contribution in [0.25, 0.3) is 0 Å². The minimum Gasteiger partial charge on any atom is -0.360 e. The van der Waals surface area contributed by atoms with Gasteiger partial charge in [0.25, 0.3) is 5.91 Å². The molecule has 0 unspecified atom stereocenters. The van der Waals surface area contributed by atoms with Crippen molar-refractivity contribution in [3.8, 4) is 0 Å². The van der Waals surface area contributed by atoms with E-state index < -0.39 is 0 Å². The lowest BCUT2D eigenvalue weighted by molar-refractivity contribution is 0.0952. The molecule has 4 rings (SSSR count). The van der Waals surface area contributed by atoms with Crippen molar-refractivity contribution in [2.45, 2.75) is 31.7 Å². The highest BCUT2D eigenvalue weighted by molar-refractivity contribution is 7.13. The van der Waals surface area contributed by atoms with Crippen LogP contribution in [0, 0.1) is 0 Å². The Kier molecular flexibility index (Phi) is 6.74. The number of nitrogens with one attached hydrogen (secondary N) is 3. The Morgan fingerprint density at radius 1 is 1.19 bits per heavy atom. The summed E-state index contributed by atoms with van der Waals surface area (Å²) in [7, 11) is 0. The minimum absolute atomic E-state index is 0.196. The maximum atomic E-state index is 12.3. The summed E-state index contributed by atoms with van der Waals surface area (Å²) in [5, 5.41) is 15.3. The molecule has 162 valence electrons. The van der Waals surface area contributed by atoms with Gasteiger partial charge < -0.3 is 15.2 Å². The van der Waals surface area contributed by atoms with Crippen LogP contribution in [-0.4, -0.2) is 28.6 Å². The van der Waals surface area contributed by atoms with Crippen LogP contribution in [0.1, 0.15) is 46.1 Å². The van der Waals surface area contributed by atoms with Crippen LogP contribution in [0.15, 0.2) is 34.3 Å². The van der Waals surface area contributed by atoms with E-state index in [1.54, 1.807) is 18.2 Å². The predicted molar refractivity (Wildman–Crippen MR) is 119 cm³/mol. The van der Waals surface area contributed by atoms with Gasteiger partial charge in [-0.3, -0.25) is 10.1 Å². The number of carbonyl (C=O) groups is 2. The monoisotopic (exact) mass is 479 g/mol. The fourth-order valence-electron chi connectivity index (χ4n) is 2.91. The lowest BCUT2D eigenvalue weighted by atomic mass is 10.2. The number of urea groups is 1. The Hall–Kier alpha value is -2.62. The zero-order valence-corrected chi connectivity index (χ0v) is 18.6. The van der Waals surface area contributed by atoms with Crippen LogP contribution in [0.5, 0.6) is 0 Å². The molecular formula is C20H19Cl2N5O3S. The number of anilines is 1. The molecule has 0 saturated heterocycles. The predicted octanol–water partition coefficient (Wildman–Crippen LogP) is 4.61. The van der Waals surface area contributed by atoms with Gasteiger partial charge in [-0.25, -0.2) is 9.78 Å². The summed E-state index contributed by atoms with van der Waals surface area (Å²) in [6, 6.07) is 4.80. The first-order chi connectivity index (χ1) is 15.0. The summed E-state index contributed by atoms with van der Waals surface area (Å²) in [6.45, 7) is 0.722. The van der Waals surface area contributed by atoms with Gasteiger partial charge in [0.15, 0.2) is 10.9 Å². The number of rotatable bonds is 8. The van der Waals surface area contributed by atoms with Crippen molar-refractivity contribution >= 4 is 51.6 Å². The SMILES string of the molecule is O=C(NCc1ccc(Cl)c(Cl)c1)Nc1nc(CCNC(=O)c2cnoc2C2CC2)cs1. The van der Waals surface area contributed by atoms with E-state index >= 15 is 0 Å². The third-order valence-electron chi connectivity index (χ3n) is 4.67. The van der Waals surface area contributed by atoms with Crippen LogP contribution in [0.2, 0.25) is 10.0 Å². The molecule has 3 N–H and O–H groups in total. The highest BCUT2D eigenvalue weighted by atomic mass is 35.5. The minimum atomic E-state index is -0.375. The van der Waals surface area contributed by atoms with E-state index in [2.05, 4.69) is 26.1 Å². The molecule has 1 saturated carbocycles. The Morgan fingerprint density at radius 3 is 2.81 bits per heavy atom. The van der Waals surface area contributed by atoms with Crippen molar-refractivity contribution in [3.05, 3.63) is 62.4 Å². The van der Waals surface area contributed by atoms with Crippen molar-refractivity contribution in [2.24, 2.45) is 0 Å². The van der Waals surface area contributed by atoms with Crippen molar-refractivity contribution < 1.29 is 14.1 Å². The van der Waals surface area contributed by atoms with Crippen LogP contribution in [0.4, 0.5) is 9.93 Å². The fourth-order valence-corrected chi connectivity index (χ4v) is 3.97. The third kappa shape index (κ3) is 5.75. The molecular weight excluding hydrogens is 461 g/mol. The van der Waals surface area contributed by atoms with Crippen LogP contribution in [0.3, 0.4) is 0 Å². The largest absolute Gasteiger partial charge is 0.360 e. The maximum absolute atomic E-state index is 12.3. The molecule has 1 fully saturated rings. The van der Waals surface area contributed by atoms with E-state index in [1.807, 2.05) is 5.38 Å². The molecule has 2 heterocycles. The van der Waals surface area contributed by atoms with Gasteiger partial charge in [0.05, 0.1) is 21.9 Å². The number of hydrogen-bond donors (Lipinski definition) is 3. The Bertz CT molecular complexity index is 1100. The molecule has 3 amide bonds. The average Bonchev–Trinajstić information content (AvgIpc) is 3.30. The van der Waals surface area contributed by atoms with Gasteiger partial charge in [0, 0.05) is 30.8 Å². The van der Waals surface area contributed by atoms with Crippen LogP contribution in [-0.2, 0) is 13.0 Å². The first-order valence-electron chi connectivity index (χ1n) is 9.65. The Morgan fingerprint density at radius 2 is 2.03 bits per heavy atom. The van der Waals surface area contributed by atoms with Gasteiger partial charge in [0.2, 0.25) is 0 Å². The smallest absolute Gasteiger partial charge is 0.321 e. The Labute approximate surface area is 192 Å². The van der Waals surface area contributed by atoms with E-state index in [0.29, 0.717) is 51.9 Å². The standard InChI is InChI=1S/C20H19Cl2N5O3S/c21-15-4-1-11(7-16(15)22)8-24-19(29)27-20-26-13(10-31-20)5-6-23-18(28)14-9-25-30-17(14)12-2-3-12/h1,4,7,9-10,12H,2-3,5-6,8H2,(H,23,28)(H2,24,26,27,29). The van der Waals surface area contributed by atoms with Crippen LogP contribution < -0.4 is 16.0 Å². The van der Waals surface area contributed by atoms with Gasteiger partial charge in [-0.05, 0) is 30.5 Å². The fraction of sp³-hybridized carbons (Fsp3) is 0.300. The quantitative estimate of drug-likeness (QED) is 0.436. The summed E-state index contributed by atoms with van der Waals surface area (Å²) in [5.74, 6) is 0.793. The zero-order valence-electron chi connectivity index (χ0n) is 16.3. The molecule has 0 radical (unpaired) electrons. The van der Waals surface area contributed by atoms with Crippen molar-refractivity contribution in [2.75, 3.05) is 11.9 Å². The van der Waals surface area contributed by atoms with Crippen LogP contribution >= 0.6 is 34.5 Å². The van der Waals surface area contributed by atoms with Crippen molar-refractivity contribution in [1.29, 1.82) is 0 Å². The number of aromatic nitrogens is 2. The van der Waals surface area contributed by atoms with E-state index in [0.717, 1.165) is 24.1 Å². The number of nitrogens with zero attached hydrogens (tertiary/aromatic N) is 2. The van der Waals surface area contributed by atoms with E-state index in [-0.39, 0.29) is 11.9 Å². The Balaban J connectivity index is 1.20. The lowest BCUT2D eigenvalue weighted by Crippen LogP contribution is -2.28. The molecule has 0 bridgehead atoms. The number of thiazole rings is 1. The molecule has 1 aliphatic carbocycles. The first kappa shape index (κ1) is 21.6. The summed E-state index contributed by atoms with van der Waals surface area (Å²) in [5.41, 5.74) is 2.11. The van der Waals surface area contributed by atoms with Gasteiger partial charge in [-0.15, -0.1) is 11.3 Å². The molecule has 8 nitrogen and oxygen atoms in total. The maximum Gasteiger partial charge on any atom is 0.321 e. The molecule has 31 heavy (non-hydrogen) atoms. The number of carbonyl (C=O) groups excluding carboxylic acids is 2. The van der Waals surface area contributed by atoms with Gasteiger partial charge >= 0.3 is 6.03 Å². The second-order valence-corrected chi connectivity index (χ2v) is 8.76. The van der Waals surface area contributed by atoms with Crippen molar-refractivity contribution in [3.63, 3.8) is 0 Å². The summed E-state index contributed by atoms with van der Waals surface area (Å²) >= 11 is 13.2. The number of benzene rings is 1. The highest BCUT2D eigenvalue weighted by Crippen LogP contribution is 2.41. The van der Waals surface area contributed by atoms with Gasteiger partial charge in [-0.1, -0.05) is 34.4 Å². The molecule has 11 heteroatoms. The van der Waals surface area contributed by atoms with E-state index in [4.69, 9.17) is 27.7 Å². The summed E-state index contributed by atoms with van der Waals surface area (Å²) in [4.78, 5) is 28.8. The van der Waals surface area contributed by atoms with Gasteiger partial charge in [0.1, 0.15) is 5.56 Å². The van der Waals surface area contributed by atoms with E-state index in [1.165, 1.54) is 17.5 Å². The normalized spacial score (nSPS) is 13.1. The molecule has 1 aliphatic rings. The molecule has 0 aliphatic heterocycles. The lowest BCUT2D eigenvalue weighted by Gasteiger charge is -2.06. The second-order valence-electron chi connectivity index (χ2n) is 7.08. The molecule has 0 spiro atoms. The average molecular weight is 480 g/mol. The molecule has 3 aromatic rings. The number of amides is 3. The number of hydrogen-bond acceptors (Lipinski definition) is 6. The highest BCUT2D eigenvalue weighted by Gasteiger charge is 2.32. The number of halogens is 2. The third-order valence-corrected chi connectivity index (χ3v) is 6.21. The van der Waals surface area contributed by atoms with Gasteiger partial charge in [-0.2, -0.15) is 0 Å². The van der Waals surface area contributed by atoms with Crippen molar-refractivity contribution in [1.82, 2.24) is 20.8 Å². The summed E-state index contributed by atoms with van der Waals surface area (Å²) in [6.07, 6.45) is 4.07. The van der Waals surface area contributed by atoms with E-state index in [9.17, 15) is 9.59 Å². The molecule has 2 aromatic heterocycles. The zero-order chi connectivity index (χ0) is 21.8. The first-order valence-corrected chi connectivity index (χ1v) is 11.3.